The van der Waals surface area contributed by atoms with Crippen LogP contribution in [0.4, 0.5) is 0 Å². The Morgan fingerprint density at radius 2 is 1.93 bits per heavy atom. The zero-order valence-electron chi connectivity index (χ0n) is 7.18. The van der Waals surface area contributed by atoms with E-state index in [0.29, 0.717) is 16.0 Å². The molecule has 0 unspecified atom stereocenters. The largest absolute Gasteiger partial charge is 0.442 e. The highest BCUT2D eigenvalue weighted by atomic mass is 35.5. The molecular weight excluding hydrogens is 263 g/mol. The Bertz CT molecular complexity index is 588. The minimum Gasteiger partial charge on any atom is -0.442 e. The Kier molecular flexibility index (Phi) is 3.30. The monoisotopic (exact) mass is 268 g/mol. The van der Waals surface area contributed by atoms with Crippen molar-refractivity contribution in [2.45, 2.75) is 5.09 Å². The smallest absolute Gasteiger partial charge is 0.328 e. The number of benzene rings is 1. The van der Waals surface area contributed by atoms with E-state index in [1.165, 1.54) is 12.1 Å². The number of furan rings is 1. The molecule has 0 aliphatic heterocycles. The van der Waals surface area contributed by atoms with Crippen molar-refractivity contribution in [1.82, 2.24) is 0 Å². The summed E-state index contributed by atoms with van der Waals surface area (Å²) in [5.41, 5.74) is 0.363. The predicted octanol–water partition coefficient (Wildman–Crippen LogP) is 2.75. The lowest BCUT2D eigenvalue weighted by Gasteiger charge is -1.87. The summed E-state index contributed by atoms with van der Waals surface area (Å²) in [6.07, 6.45) is 0. The van der Waals surface area contributed by atoms with Crippen molar-refractivity contribution in [1.29, 1.82) is 0 Å². The average molecular weight is 269 g/mol. The SMILES string of the molecule is Cl.O=S(=O)(O)c1cc2cc(Cl)ccc2o1. The van der Waals surface area contributed by atoms with E-state index in [1.54, 1.807) is 12.1 Å². The van der Waals surface area contributed by atoms with Crippen molar-refractivity contribution in [3.63, 3.8) is 0 Å². The maximum Gasteiger partial charge on any atom is 0.328 e. The summed E-state index contributed by atoms with van der Waals surface area (Å²) in [7, 11) is -4.29. The molecule has 1 aromatic heterocycles. The van der Waals surface area contributed by atoms with Crippen molar-refractivity contribution in [2.75, 3.05) is 0 Å². The quantitative estimate of drug-likeness (QED) is 0.808. The van der Waals surface area contributed by atoms with Crippen LogP contribution in [0.25, 0.3) is 11.0 Å². The summed E-state index contributed by atoms with van der Waals surface area (Å²) in [5.74, 6) is 0. The minimum atomic E-state index is -4.29. The molecule has 0 fully saturated rings. The standard InChI is InChI=1S/C8H5ClO4S.ClH/c9-6-1-2-7-5(3-6)4-8(13-7)14(10,11)12;/h1-4H,(H,10,11,12);1H. The molecule has 7 heteroatoms. The van der Waals surface area contributed by atoms with Gasteiger partial charge in [-0.2, -0.15) is 8.42 Å². The van der Waals surface area contributed by atoms with Crippen molar-refractivity contribution < 1.29 is 17.4 Å². The maximum absolute atomic E-state index is 10.7. The van der Waals surface area contributed by atoms with Crippen LogP contribution >= 0.6 is 24.0 Å². The molecule has 0 spiro atoms. The summed E-state index contributed by atoms with van der Waals surface area (Å²) in [6, 6.07) is 5.87. The Morgan fingerprint density at radius 1 is 1.27 bits per heavy atom. The van der Waals surface area contributed by atoms with Crippen LogP contribution in [0.2, 0.25) is 5.02 Å². The molecule has 0 aliphatic carbocycles. The van der Waals surface area contributed by atoms with Crippen LogP contribution in [0.3, 0.4) is 0 Å². The van der Waals surface area contributed by atoms with Crippen molar-refractivity contribution in [2.24, 2.45) is 0 Å². The third-order valence-electron chi connectivity index (χ3n) is 1.71. The third-order valence-corrected chi connectivity index (χ3v) is 2.65. The van der Waals surface area contributed by atoms with Gasteiger partial charge in [0.05, 0.1) is 0 Å². The van der Waals surface area contributed by atoms with Gasteiger partial charge in [-0.25, -0.2) is 0 Å². The van der Waals surface area contributed by atoms with Crippen LogP contribution in [-0.2, 0) is 10.1 Å². The first-order chi connectivity index (χ1) is 6.47. The van der Waals surface area contributed by atoms with Gasteiger partial charge in [0.1, 0.15) is 5.58 Å². The van der Waals surface area contributed by atoms with Crippen molar-refractivity contribution >= 4 is 45.1 Å². The van der Waals surface area contributed by atoms with Crippen LogP contribution in [0.1, 0.15) is 0 Å². The highest BCUT2D eigenvalue weighted by Crippen LogP contribution is 2.25. The van der Waals surface area contributed by atoms with E-state index >= 15 is 0 Å². The molecule has 1 N–H and O–H groups in total. The predicted molar refractivity (Wildman–Crippen MR) is 58.3 cm³/mol. The van der Waals surface area contributed by atoms with E-state index in [2.05, 4.69) is 0 Å². The fourth-order valence-electron chi connectivity index (χ4n) is 1.12. The lowest BCUT2D eigenvalue weighted by Crippen LogP contribution is -1.94. The Labute approximate surface area is 97.0 Å². The van der Waals surface area contributed by atoms with Gasteiger partial charge in [0.25, 0.3) is 0 Å². The Morgan fingerprint density at radius 3 is 2.53 bits per heavy atom. The van der Waals surface area contributed by atoms with Crippen LogP contribution in [0.5, 0.6) is 0 Å². The summed E-state index contributed by atoms with van der Waals surface area (Å²) >= 11 is 5.69. The van der Waals surface area contributed by atoms with E-state index in [9.17, 15) is 8.42 Å². The Hall–Kier alpha value is -0.750. The van der Waals surface area contributed by atoms with Gasteiger partial charge in [-0.15, -0.1) is 12.4 Å². The number of fused-ring (bicyclic) bond motifs is 1. The summed E-state index contributed by atoms with van der Waals surface area (Å²) in [5, 5.41) is 0.528. The maximum atomic E-state index is 10.7. The molecule has 0 saturated carbocycles. The zero-order chi connectivity index (χ0) is 10.3. The van der Waals surface area contributed by atoms with Gasteiger partial charge in [0, 0.05) is 16.5 Å². The molecule has 0 amide bonds. The topological polar surface area (TPSA) is 67.5 Å². The molecular formula is C8H6Cl2O4S. The molecule has 4 nitrogen and oxygen atoms in total. The van der Waals surface area contributed by atoms with Gasteiger partial charge < -0.3 is 4.42 Å². The molecule has 1 heterocycles. The first-order valence-electron chi connectivity index (χ1n) is 3.63. The van der Waals surface area contributed by atoms with Gasteiger partial charge in [-0.05, 0) is 18.2 Å². The molecule has 0 radical (unpaired) electrons. The Balaban J connectivity index is 0.00000112. The number of hydrogen-bond acceptors (Lipinski definition) is 3. The van der Waals surface area contributed by atoms with Crippen LogP contribution in [-0.4, -0.2) is 13.0 Å². The molecule has 2 rings (SSSR count). The van der Waals surface area contributed by atoms with Crippen LogP contribution in [0.15, 0.2) is 33.8 Å². The van der Waals surface area contributed by atoms with Crippen molar-refractivity contribution in [3.8, 4) is 0 Å². The van der Waals surface area contributed by atoms with E-state index < -0.39 is 15.2 Å². The second-order valence-electron chi connectivity index (χ2n) is 2.72. The number of hydrogen-bond donors (Lipinski definition) is 1. The van der Waals surface area contributed by atoms with Crippen molar-refractivity contribution in [3.05, 3.63) is 29.3 Å². The van der Waals surface area contributed by atoms with Gasteiger partial charge in [-0.1, -0.05) is 11.6 Å². The second-order valence-corrected chi connectivity index (χ2v) is 4.51. The average Bonchev–Trinajstić information content (AvgIpc) is 2.45. The van der Waals surface area contributed by atoms with Gasteiger partial charge in [-0.3, -0.25) is 4.55 Å². The van der Waals surface area contributed by atoms with Crippen LogP contribution in [0, 0.1) is 0 Å². The molecule has 0 atom stereocenters. The summed E-state index contributed by atoms with van der Waals surface area (Å²) < 4.78 is 35.0. The molecule has 0 saturated heterocycles. The molecule has 1 aromatic carbocycles. The summed E-state index contributed by atoms with van der Waals surface area (Å²) in [6.45, 7) is 0. The zero-order valence-corrected chi connectivity index (χ0v) is 9.56. The van der Waals surface area contributed by atoms with E-state index in [-0.39, 0.29) is 12.4 Å². The second kappa shape index (κ2) is 4.02. The molecule has 2 aromatic rings. The van der Waals surface area contributed by atoms with E-state index in [4.69, 9.17) is 20.6 Å². The van der Waals surface area contributed by atoms with Gasteiger partial charge >= 0.3 is 10.1 Å². The molecule has 15 heavy (non-hydrogen) atoms. The molecule has 0 bridgehead atoms. The first-order valence-corrected chi connectivity index (χ1v) is 5.45. The number of rotatable bonds is 1. The molecule has 82 valence electrons. The highest BCUT2D eigenvalue weighted by Gasteiger charge is 2.15. The van der Waals surface area contributed by atoms with Gasteiger partial charge in [0.2, 0.25) is 5.09 Å². The fraction of sp³-hybridized carbons (Fsp3) is 0. The number of halogens is 2. The van der Waals surface area contributed by atoms with E-state index in [0.717, 1.165) is 0 Å². The third kappa shape index (κ3) is 2.43. The van der Waals surface area contributed by atoms with E-state index in [1.807, 2.05) is 0 Å². The minimum absolute atomic E-state index is 0. The summed E-state index contributed by atoms with van der Waals surface area (Å²) in [4.78, 5) is 0. The lowest BCUT2D eigenvalue weighted by atomic mass is 10.3. The lowest BCUT2D eigenvalue weighted by molar-refractivity contribution is 0.424. The van der Waals surface area contributed by atoms with Gasteiger partial charge in [0.15, 0.2) is 0 Å². The van der Waals surface area contributed by atoms with Crippen LogP contribution < -0.4 is 0 Å². The normalized spacial score (nSPS) is 11.3. The highest BCUT2D eigenvalue weighted by molar-refractivity contribution is 7.85. The first kappa shape index (κ1) is 12.3. The molecule has 0 aliphatic rings. The fourth-order valence-corrected chi connectivity index (χ4v) is 1.77.